The van der Waals surface area contributed by atoms with E-state index < -0.39 is 0 Å². The molecule has 6 aromatic rings. The second kappa shape index (κ2) is 11.6. The molecular formula is C37H28N6. The van der Waals surface area contributed by atoms with Crippen LogP contribution in [0.4, 0.5) is 0 Å². The molecule has 6 nitrogen and oxygen atoms in total. The largest absolute Gasteiger partial charge is 0.370 e. The Hall–Kier alpha value is -5.75. The summed E-state index contributed by atoms with van der Waals surface area (Å²) in [7, 11) is 2.12. The number of hydrogen-bond acceptors (Lipinski definition) is 6. The molecule has 7 rings (SSSR count). The molecule has 0 bridgehead atoms. The second-order valence-electron chi connectivity index (χ2n) is 10.2. The topological polar surface area (TPSA) is 67.7 Å². The Bertz CT molecular complexity index is 1820. The van der Waals surface area contributed by atoms with E-state index >= 15 is 0 Å². The number of aromatic nitrogens is 5. The maximum absolute atomic E-state index is 4.94. The number of likely N-dealkylation sites (N-methyl/N-ethyl adjacent to an activating group) is 1. The predicted octanol–water partition coefficient (Wildman–Crippen LogP) is 7.84. The molecule has 6 heteroatoms. The first kappa shape index (κ1) is 26.2. The molecule has 43 heavy (non-hydrogen) atoms. The number of hydrogen-bond donors (Lipinski definition) is 0. The van der Waals surface area contributed by atoms with Crippen LogP contribution in [0.2, 0.25) is 0 Å². The van der Waals surface area contributed by atoms with Crippen LogP contribution in [0.15, 0.2) is 140 Å². The van der Waals surface area contributed by atoms with Gasteiger partial charge in [-0.15, -0.1) is 0 Å². The fourth-order valence-corrected chi connectivity index (χ4v) is 5.72. The smallest absolute Gasteiger partial charge is 0.0716 e. The van der Waals surface area contributed by atoms with Crippen molar-refractivity contribution in [2.45, 2.75) is 0 Å². The third-order valence-corrected chi connectivity index (χ3v) is 7.54. The van der Waals surface area contributed by atoms with Gasteiger partial charge in [-0.2, -0.15) is 0 Å². The third-order valence-electron chi connectivity index (χ3n) is 7.54. The van der Waals surface area contributed by atoms with Crippen LogP contribution in [0.3, 0.4) is 0 Å². The minimum atomic E-state index is 0.773. The van der Waals surface area contributed by atoms with Crippen molar-refractivity contribution in [2.24, 2.45) is 0 Å². The lowest BCUT2D eigenvalue weighted by molar-refractivity contribution is 0.532. The molecule has 0 saturated carbocycles. The molecule has 1 aliphatic rings. The van der Waals surface area contributed by atoms with Crippen molar-refractivity contribution in [3.05, 3.63) is 146 Å². The maximum atomic E-state index is 4.94. The molecule has 0 amide bonds. The summed E-state index contributed by atoms with van der Waals surface area (Å²) in [5, 5.41) is 0. The first-order valence-electron chi connectivity index (χ1n) is 14.2. The highest BCUT2D eigenvalue weighted by atomic mass is 15.1. The van der Waals surface area contributed by atoms with Gasteiger partial charge in [-0.05, 0) is 66.7 Å². The molecule has 0 spiro atoms. The van der Waals surface area contributed by atoms with E-state index in [1.165, 1.54) is 0 Å². The van der Waals surface area contributed by atoms with Crippen molar-refractivity contribution in [3.63, 3.8) is 0 Å². The van der Waals surface area contributed by atoms with Gasteiger partial charge in [0.15, 0.2) is 0 Å². The molecule has 0 radical (unpaired) electrons. The van der Waals surface area contributed by atoms with Crippen molar-refractivity contribution in [3.8, 4) is 56.3 Å². The summed E-state index contributed by atoms with van der Waals surface area (Å²) in [6, 6.07) is 30.1. The van der Waals surface area contributed by atoms with E-state index in [2.05, 4.69) is 54.4 Å². The summed E-state index contributed by atoms with van der Waals surface area (Å²) < 4.78 is 0. The average Bonchev–Trinajstić information content (AvgIpc) is 3.09. The van der Waals surface area contributed by atoms with Crippen LogP contribution < -0.4 is 0 Å². The Labute approximate surface area is 250 Å². The number of pyridine rings is 5. The minimum Gasteiger partial charge on any atom is -0.370 e. The van der Waals surface area contributed by atoms with Crippen LogP contribution in [-0.4, -0.2) is 43.4 Å². The highest BCUT2D eigenvalue weighted by Crippen LogP contribution is 2.53. The lowest BCUT2D eigenvalue weighted by Gasteiger charge is -2.31. The summed E-state index contributed by atoms with van der Waals surface area (Å²) >= 11 is 0. The van der Waals surface area contributed by atoms with Crippen molar-refractivity contribution >= 4 is 5.70 Å². The Morgan fingerprint density at radius 1 is 0.442 bits per heavy atom. The zero-order valence-electron chi connectivity index (χ0n) is 23.7. The molecule has 1 aliphatic heterocycles. The summed E-state index contributed by atoms with van der Waals surface area (Å²) in [5.41, 5.74) is 11.0. The number of allylic oxidation sites excluding steroid dienone is 2. The second-order valence-corrected chi connectivity index (χ2v) is 10.2. The Morgan fingerprint density at radius 2 is 0.767 bits per heavy atom. The van der Waals surface area contributed by atoms with Crippen molar-refractivity contribution < 1.29 is 0 Å². The lowest BCUT2D eigenvalue weighted by atomic mass is 9.78. The fourth-order valence-electron chi connectivity index (χ4n) is 5.72. The zero-order valence-corrected chi connectivity index (χ0v) is 23.7. The highest BCUT2D eigenvalue weighted by Gasteiger charge is 2.32. The van der Waals surface area contributed by atoms with Crippen LogP contribution in [0, 0.1) is 0 Å². The van der Waals surface area contributed by atoms with Gasteiger partial charge in [0.05, 0.1) is 28.5 Å². The molecule has 5 aromatic heterocycles. The van der Waals surface area contributed by atoms with Crippen LogP contribution in [-0.2, 0) is 0 Å². The molecule has 6 heterocycles. The molecule has 0 unspecified atom stereocenters. The first-order valence-corrected chi connectivity index (χ1v) is 14.2. The molecule has 1 aromatic carbocycles. The average molecular weight is 557 g/mol. The van der Waals surface area contributed by atoms with E-state index in [4.69, 9.17) is 24.9 Å². The lowest BCUT2D eigenvalue weighted by Crippen LogP contribution is -2.20. The molecule has 0 atom stereocenters. The van der Waals surface area contributed by atoms with Gasteiger partial charge in [-0.1, -0.05) is 42.5 Å². The van der Waals surface area contributed by atoms with Crippen LogP contribution in [0.25, 0.3) is 62.0 Å². The minimum absolute atomic E-state index is 0.773. The highest BCUT2D eigenvalue weighted by molar-refractivity contribution is 6.10. The summed E-state index contributed by atoms with van der Waals surface area (Å²) in [6.45, 7) is 0.773. The summed E-state index contributed by atoms with van der Waals surface area (Å²) in [6.07, 6.45) is 15.6. The maximum Gasteiger partial charge on any atom is 0.0716 e. The molecule has 0 saturated heterocycles. The molecular weight excluding hydrogens is 528 g/mol. The van der Waals surface area contributed by atoms with E-state index in [1.807, 2.05) is 97.7 Å². The fraction of sp³-hybridized carbons (Fsp3) is 0.0541. The van der Waals surface area contributed by atoms with Gasteiger partial charge in [-0.25, -0.2) is 0 Å². The third kappa shape index (κ3) is 4.89. The Kier molecular flexibility index (Phi) is 7.07. The van der Waals surface area contributed by atoms with E-state index in [9.17, 15) is 0 Å². The Balaban J connectivity index is 1.81. The van der Waals surface area contributed by atoms with Gasteiger partial charge in [0.25, 0.3) is 0 Å². The van der Waals surface area contributed by atoms with Crippen molar-refractivity contribution in [1.29, 1.82) is 0 Å². The quantitative estimate of drug-likeness (QED) is 0.208. The van der Waals surface area contributed by atoms with Crippen molar-refractivity contribution in [2.75, 3.05) is 13.6 Å². The van der Waals surface area contributed by atoms with Crippen molar-refractivity contribution in [1.82, 2.24) is 29.8 Å². The van der Waals surface area contributed by atoms with Crippen LogP contribution >= 0.6 is 0 Å². The number of nitrogens with zero attached hydrogens (tertiary/aromatic N) is 6. The number of benzene rings is 1. The van der Waals surface area contributed by atoms with Crippen LogP contribution in [0.5, 0.6) is 0 Å². The standard InChI is InChI=1S/C37H28N6/c1-43-25-13-7-19-31(43)37-35(29-17-5-11-23-41-29)33(27-15-3-9-21-39-27)32(26-14-2-8-20-38-26)34(28-16-4-10-22-40-28)36(37)30-18-6-12-24-42-30/h2-24H,25H2,1H3. The molecule has 0 aliphatic carbocycles. The number of rotatable bonds is 6. The Morgan fingerprint density at radius 3 is 1.05 bits per heavy atom. The van der Waals surface area contributed by atoms with E-state index in [0.29, 0.717) is 0 Å². The molecule has 0 N–H and O–H groups in total. The van der Waals surface area contributed by atoms with Gasteiger partial charge < -0.3 is 4.90 Å². The van der Waals surface area contributed by atoms with E-state index in [1.54, 1.807) is 0 Å². The zero-order chi connectivity index (χ0) is 29.0. The SMILES string of the molecule is CN1CC=CC=C1c1c(-c2ccccn2)c(-c2ccccn2)c(-c2ccccn2)c(-c2ccccn2)c1-c1ccccn1. The van der Waals surface area contributed by atoms with Crippen LogP contribution in [0.1, 0.15) is 5.56 Å². The predicted molar refractivity (Wildman–Crippen MR) is 172 cm³/mol. The monoisotopic (exact) mass is 556 g/mol. The van der Waals surface area contributed by atoms with Gasteiger partial charge in [0, 0.05) is 83.7 Å². The van der Waals surface area contributed by atoms with Gasteiger partial charge in [0.2, 0.25) is 0 Å². The summed E-state index contributed by atoms with van der Waals surface area (Å²) in [4.78, 5) is 26.9. The first-order chi connectivity index (χ1) is 21.3. The van der Waals surface area contributed by atoms with Gasteiger partial charge in [-0.3, -0.25) is 24.9 Å². The normalized spacial score (nSPS) is 12.7. The van der Waals surface area contributed by atoms with Gasteiger partial charge in [0.1, 0.15) is 0 Å². The van der Waals surface area contributed by atoms with Gasteiger partial charge >= 0.3 is 0 Å². The summed E-state index contributed by atoms with van der Waals surface area (Å²) in [5.74, 6) is 0. The van der Waals surface area contributed by atoms with E-state index in [0.717, 1.165) is 74.1 Å². The molecule has 206 valence electrons. The molecule has 0 fully saturated rings. The van der Waals surface area contributed by atoms with E-state index in [-0.39, 0.29) is 0 Å².